The molecule has 1 atom stereocenters. The lowest BCUT2D eigenvalue weighted by molar-refractivity contribution is -0.389. The molecule has 1 unspecified atom stereocenters. The summed E-state index contributed by atoms with van der Waals surface area (Å²) in [4.78, 5) is 29.0. The first-order valence-electron chi connectivity index (χ1n) is 8.68. The number of rotatable bonds is 4. The maximum absolute atomic E-state index is 12.9. The predicted molar refractivity (Wildman–Crippen MR) is 101 cm³/mol. The molecular formula is C20H17N3O4. The zero-order chi connectivity index (χ0) is 19.0. The molecule has 1 aliphatic rings. The number of fused-ring (bicyclic) bond motifs is 2. The lowest BCUT2D eigenvalue weighted by Crippen LogP contribution is -2.45. The Bertz CT molecular complexity index is 1050. The summed E-state index contributed by atoms with van der Waals surface area (Å²) in [5, 5.41) is 13.2. The van der Waals surface area contributed by atoms with Gasteiger partial charge in [0.2, 0.25) is 0 Å². The van der Waals surface area contributed by atoms with Crippen LogP contribution in [0.2, 0.25) is 0 Å². The van der Waals surface area contributed by atoms with E-state index in [0.29, 0.717) is 12.2 Å². The molecule has 136 valence electrons. The molecule has 1 amide bonds. The van der Waals surface area contributed by atoms with E-state index in [1.807, 2.05) is 49.4 Å². The van der Waals surface area contributed by atoms with Gasteiger partial charge < -0.3 is 14.9 Å². The minimum atomic E-state index is -0.629. The summed E-state index contributed by atoms with van der Waals surface area (Å²) in [7, 11) is 0. The molecule has 0 saturated heterocycles. The fourth-order valence-corrected chi connectivity index (χ4v) is 3.31. The minimum absolute atomic E-state index is 0.187. The van der Waals surface area contributed by atoms with Crippen molar-refractivity contribution in [2.45, 2.75) is 26.0 Å². The molecule has 0 bridgehead atoms. The highest BCUT2D eigenvalue weighted by Gasteiger charge is 2.38. The van der Waals surface area contributed by atoms with Gasteiger partial charge in [0.1, 0.15) is 0 Å². The number of carbonyl (C=O) groups excluding carboxylic acids is 1. The molecule has 1 aliphatic heterocycles. The summed E-state index contributed by atoms with van der Waals surface area (Å²) >= 11 is 0. The molecule has 7 nitrogen and oxygen atoms in total. The Morgan fingerprint density at radius 1 is 1.15 bits per heavy atom. The number of carbonyl (C=O) groups is 1. The van der Waals surface area contributed by atoms with Crippen LogP contribution in [0.25, 0.3) is 10.8 Å². The number of amides is 1. The van der Waals surface area contributed by atoms with E-state index in [9.17, 15) is 14.9 Å². The average molecular weight is 363 g/mol. The molecule has 1 aromatic heterocycles. The van der Waals surface area contributed by atoms with Gasteiger partial charge in [0.15, 0.2) is 11.9 Å². The highest BCUT2D eigenvalue weighted by molar-refractivity contribution is 5.99. The molecule has 3 aromatic rings. The molecule has 4 rings (SSSR count). The second kappa shape index (κ2) is 6.68. The predicted octanol–water partition coefficient (Wildman–Crippen LogP) is 3.85. The van der Waals surface area contributed by atoms with Crippen LogP contribution in [0, 0.1) is 10.1 Å². The summed E-state index contributed by atoms with van der Waals surface area (Å²) in [6.07, 6.45) is -0.128. The molecule has 7 heteroatoms. The smallest absolute Gasteiger partial charge is 0.366 e. The molecule has 2 heterocycles. The van der Waals surface area contributed by atoms with Crippen molar-refractivity contribution in [2.24, 2.45) is 0 Å². The number of nitro groups is 1. The van der Waals surface area contributed by atoms with Crippen molar-refractivity contribution in [1.29, 1.82) is 0 Å². The summed E-state index contributed by atoms with van der Waals surface area (Å²) < 4.78 is 5.71. The van der Waals surface area contributed by atoms with Gasteiger partial charge in [-0.1, -0.05) is 49.4 Å². The molecule has 0 aliphatic carbocycles. The van der Waals surface area contributed by atoms with Gasteiger partial charge in [-0.15, -0.1) is 0 Å². The maximum atomic E-state index is 12.9. The largest absolute Gasteiger partial charge is 0.474 e. The number of aromatic nitrogens is 1. The fraction of sp³-hybridized carbons (Fsp3) is 0.200. The zero-order valence-electron chi connectivity index (χ0n) is 14.7. The Labute approximate surface area is 155 Å². The Morgan fingerprint density at radius 3 is 2.70 bits per heavy atom. The Kier molecular flexibility index (Phi) is 4.19. The van der Waals surface area contributed by atoms with Crippen molar-refractivity contribution in [3.05, 3.63) is 70.3 Å². The van der Waals surface area contributed by atoms with E-state index in [-0.39, 0.29) is 24.1 Å². The standard InChI is InChI=1S/C20H17N3O4/c1-2-16-20(24)22(19-17(27-16)10-11-18(21-19)23(25)26)12-14-8-5-7-13-6-3-4-9-15(13)14/h3-11,16H,2,12H2,1H3. The van der Waals surface area contributed by atoms with Crippen molar-refractivity contribution in [1.82, 2.24) is 4.98 Å². The minimum Gasteiger partial charge on any atom is -0.474 e. The van der Waals surface area contributed by atoms with Gasteiger partial charge in [0.25, 0.3) is 11.7 Å². The van der Waals surface area contributed by atoms with Gasteiger partial charge in [0, 0.05) is 6.07 Å². The monoisotopic (exact) mass is 363 g/mol. The van der Waals surface area contributed by atoms with Crippen LogP contribution in [0.4, 0.5) is 11.6 Å². The topological polar surface area (TPSA) is 85.6 Å². The van der Waals surface area contributed by atoms with Crippen molar-refractivity contribution in [3.63, 3.8) is 0 Å². The molecular weight excluding hydrogens is 346 g/mol. The molecule has 2 aromatic carbocycles. The number of pyridine rings is 1. The maximum Gasteiger partial charge on any atom is 0.366 e. The van der Waals surface area contributed by atoms with E-state index in [2.05, 4.69) is 4.98 Å². The number of hydrogen-bond acceptors (Lipinski definition) is 5. The fourth-order valence-electron chi connectivity index (χ4n) is 3.31. The van der Waals surface area contributed by atoms with Crippen molar-refractivity contribution in [3.8, 4) is 5.75 Å². The van der Waals surface area contributed by atoms with Crippen molar-refractivity contribution in [2.75, 3.05) is 4.90 Å². The van der Waals surface area contributed by atoms with E-state index in [0.717, 1.165) is 16.3 Å². The van der Waals surface area contributed by atoms with Crippen LogP contribution in [0.5, 0.6) is 5.75 Å². The van der Waals surface area contributed by atoms with Gasteiger partial charge >= 0.3 is 5.82 Å². The van der Waals surface area contributed by atoms with Gasteiger partial charge in [0.05, 0.1) is 6.54 Å². The van der Waals surface area contributed by atoms with E-state index >= 15 is 0 Å². The number of benzene rings is 2. The molecule has 27 heavy (non-hydrogen) atoms. The zero-order valence-corrected chi connectivity index (χ0v) is 14.7. The second-order valence-corrected chi connectivity index (χ2v) is 6.33. The van der Waals surface area contributed by atoms with Gasteiger partial charge in [-0.25, -0.2) is 0 Å². The summed E-state index contributed by atoms with van der Waals surface area (Å²) in [5.41, 5.74) is 0.942. The van der Waals surface area contributed by atoms with Gasteiger partial charge in [-0.05, 0) is 38.7 Å². The van der Waals surface area contributed by atoms with E-state index in [4.69, 9.17) is 4.74 Å². The number of hydrogen-bond donors (Lipinski definition) is 0. The Hall–Kier alpha value is -3.48. The third-order valence-electron chi connectivity index (χ3n) is 4.66. The first kappa shape index (κ1) is 17.0. The van der Waals surface area contributed by atoms with E-state index in [1.165, 1.54) is 17.0 Å². The Balaban J connectivity index is 1.82. The summed E-state index contributed by atoms with van der Waals surface area (Å²) in [6.45, 7) is 2.13. The quantitative estimate of drug-likeness (QED) is 0.519. The number of anilines is 1. The van der Waals surface area contributed by atoms with E-state index < -0.39 is 11.0 Å². The highest BCUT2D eigenvalue weighted by Crippen LogP contribution is 2.36. The summed E-state index contributed by atoms with van der Waals surface area (Å²) in [6, 6.07) is 16.6. The van der Waals surface area contributed by atoms with Crippen LogP contribution in [-0.4, -0.2) is 21.9 Å². The van der Waals surface area contributed by atoms with E-state index in [1.54, 1.807) is 0 Å². The molecule has 0 fully saturated rings. The van der Waals surface area contributed by atoms with Crippen LogP contribution in [-0.2, 0) is 11.3 Å². The molecule has 0 spiro atoms. The van der Waals surface area contributed by atoms with Crippen molar-refractivity contribution >= 4 is 28.3 Å². The first-order chi connectivity index (χ1) is 13.1. The molecule has 0 N–H and O–H groups in total. The van der Waals surface area contributed by atoms with Crippen LogP contribution >= 0.6 is 0 Å². The lowest BCUT2D eigenvalue weighted by atomic mass is 10.0. The van der Waals surface area contributed by atoms with Crippen LogP contribution < -0.4 is 9.64 Å². The van der Waals surface area contributed by atoms with Gasteiger partial charge in [-0.3, -0.25) is 9.69 Å². The van der Waals surface area contributed by atoms with Crippen molar-refractivity contribution < 1.29 is 14.5 Å². The van der Waals surface area contributed by atoms with Crippen LogP contribution in [0.15, 0.2) is 54.6 Å². The van der Waals surface area contributed by atoms with Gasteiger partial charge in [-0.2, -0.15) is 0 Å². The third-order valence-corrected chi connectivity index (χ3v) is 4.66. The Morgan fingerprint density at radius 2 is 1.93 bits per heavy atom. The second-order valence-electron chi connectivity index (χ2n) is 6.33. The number of nitrogens with zero attached hydrogens (tertiary/aromatic N) is 3. The molecule has 0 radical (unpaired) electrons. The van der Waals surface area contributed by atoms with Crippen LogP contribution in [0.3, 0.4) is 0 Å². The summed E-state index contributed by atoms with van der Waals surface area (Å²) in [5.74, 6) is 0.00747. The lowest BCUT2D eigenvalue weighted by Gasteiger charge is -2.31. The normalized spacial score (nSPS) is 16.1. The SMILES string of the molecule is CCC1Oc2ccc([N+](=O)[O-])nc2N(Cc2cccc3ccccc23)C1=O. The number of ether oxygens (including phenoxy) is 1. The van der Waals surface area contributed by atoms with Crippen LogP contribution in [0.1, 0.15) is 18.9 Å². The molecule has 0 saturated carbocycles. The first-order valence-corrected chi connectivity index (χ1v) is 8.68. The average Bonchev–Trinajstić information content (AvgIpc) is 2.69. The third kappa shape index (κ3) is 2.97. The highest BCUT2D eigenvalue weighted by atomic mass is 16.6.